The zero-order valence-corrected chi connectivity index (χ0v) is 19.7. The van der Waals surface area contributed by atoms with Crippen molar-refractivity contribution < 1.29 is 23.8 Å². The molecule has 2 aliphatic carbocycles. The number of hydrogen-bond donors (Lipinski definition) is 1. The van der Waals surface area contributed by atoms with Crippen LogP contribution in [0.15, 0.2) is 30.3 Å². The molecule has 2 saturated carbocycles. The van der Waals surface area contributed by atoms with E-state index in [0.29, 0.717) is 22.8 Å². The minimum Gasteiger partial charge on any atom is -0.493 e. The van der Waals surface area contributed by atoms with Crippen LogP contribution in [-0.2, 0) is 21.5 Å². The summed E-state index contributed by atoms with van der Waals surface area (Å²) in [5.41, 5.74) is 3.40. The first kappa shape index (κ1) is 21.9. The van der Waals surface area contributed by atoms with Crippen molar-refractivity contribution in [2.24, 2.45) is 0 Å². The maximum absolute atomic E-state index is 12.4. The van der Waals surface area contributed by atoms with E-state index < -0.39 is 0 Å². The smallest absolute Gasteiger partial charge is 0.407 e. The highest BCUT2D eigenvalue weighted by Crippen LogP contribution is 2.47. The van der Waals surface area contributed by atoms with Gasteiger partial charge in [-0.05, 0) is 49.9 Å². The van der Waals surface area contributed by atoms with Crippen LogP contribution in [0.5, 0.6) is 5.75 Å². The third kappa shape index (κ3) is 3.98. The van der Waals surface area contributed by atoms with Crippen LogP contribution in [0.2, 0.25) is 0 Å². The number of ether oxygens (including phenoxy) is 3. The Hall–Kier alpha value is -3.62. The Bertz CT molecular complexity index is 1310. The Morgan fingerprint density at radius 3 is 2.80 bits per heavy atom. The van der Waals surface area contributed by atoms with E-state index in [1.807, 2.05) is 24.3 Å². The molecule has 35 heavy (non-hydrogen) atoms. The van der Waals surface area contributed by atoms with E-state index in [4.69, 9.17) is 24.3 Å². The first-order valence-electron chi connectivity index (χ1n) is 12.2. The zero-order valence-electron chi connectivity index (χ0n) is 19.7. The van der Waals surface area contributed by atoms with Gasteiger partial charge in [0.15, 0.2) is 17.2 Å². The highest BCUT2D eigenvalue weighted by molar-refractivity contribution is 5.94. The first-order chi connectivity index (χ1) is 17.1. The minimum atomic E-state index is -0.379. The van der Waals surface area contributed by atoms with Crippen LogP contribution < -0.4 is 10.1 Å². The predicted molar refractivity (Wildman–Crippen MR) is 126 cm³/mol. The van der Waals surface area contributed by atoms with Crippen molar-refractivity contribution >= 4 is 17.7 Å². The Balaban J connectivity index is 1.27. The summed E-state index contributed by atoms with van der Waals surface area (Å²) in [7, 11) is 1.60. The van der Waals surface area contributed by atoms with Gasteiger partial charge in [0.25, 0.3) is 0 Å². The van der Waals surface area contributed by atoms with Crippen molar-refractivity contribution in [2.75, 3.05) is 13.7 Å². The van der Waals surface area contributed by atoms with Crippen LogP contribution in [-0.4, -0.2) is 46.4 Å². The molecule has 9 heteroatoms. The van der Waals surface area contributed by atoms with Gasteiger partial charge in [-0.25, -0.2) is 19.1 Å². The van der Waals surface area contributed by atoms with Crippen LogP contribution in [0.4, 0.5) is 4.79 Å². The zero-order chi connectivity index (χ0) is 24.0. The highest BCUT2D eigenvalue weighted by atomic mass is 16.6. The molecule has 3 heterocycles. The maximum Gasteiger partial charge on any atom is 0.407 e. The monoisotopic (exact) mass is 476 g/mol. The molecule has 0 bridgehead atoms. The molecule has 182 valence electrons. The van der Waals surface area contributed by atoms with Gasteiger partial charge in [0.05, 0.1) is 23.8 Å². The normalized spacial score (nSPS) is 18.7. The molecular formula is C26H28N4O5. The Labute approximate surface area is 202 Å². The molecule has 9 nitrogen and oxygen atoms in total. The highest BCUT2D eigenvalue weighted by Gasteiger charge is 2.49. The number of amides is 1. The van der Waals surface area contributed by atoms with Crippen LogP contribution in [0, 0.1) is 0 Å². The van der Waals surface area contributed by atoms with Crippen molar-refractivity contribution in [1.29, 1.82) is 0 Å². The fraction of sp³-hybridized carbons (Fsp3) is 0.462. The third-order valence-corrected chi connectivity index (χ3v) is 7.38. The lowest BCUT2D eigenvalue weighted by Crippen LogP contribution is -2.37. The Morgan fingerprint density at radius 1 is 1.20 bits per heavy atom. The number of nitrogens with one attached hydrogen (secondary N) is 1. The largest absolute Gasteiger partial charge is 0.493 e. The summed E-state index contributed by atoms with van der Waals surface area (Å²) in [6, 6.07) is 9.63. The number of rotatable bonds is 6. The molecule has 0 saturated heterocycles. The van der Waals surface area contributed by atoms with Crippen LogP contribution in [0.25, 0.3) is 16.9 Å². The number of carbonyl (C=O) groups excluding carboxylic acids is 2. The number of esters is 1. The number of fused-ring (bicyclic) bond motifs is 2. The second-order valence-electron chi connectivity index (χ2n) is 9.74. The van der Waals surface area contributed by atoms with Gasteiger partial charge in [-0.1, -0.05) is 25.3 Å². The second-order valence-corrected chi connectivity index (χ2v) is 9.74. The second kappa shape index (κ2) is 8.55. The topological polar surface area (TPSA) is 104 Å². The lowest BCUT2D eigenvalue weighted by molar-refractivity contribution is 0.0535. The summed E-state index contributed by atoms with van der Waals surface area (Å²) < 4.78 is 18.1. The van der Waals surface area contributed by atoms with Gasteiger partial charge in [-0.3, -0.25) is 0 Å². The maximum atomic E-state index is 12.4. The average molecular weight is 477 g/mol. The van der Waals surface area contributed by atoms with Gasteiger partial charge in [0.1, 0.15) is 13.2 Å². The van der Waals surface area contributed by atoms with Gasteiger partial charge in [-0.2, -0.15) is 0 Å². The molecule has 3 aromatic rings. The number of pyridine rings is 1. The minimum absolute atomic E-state index is 0.208. The summed E-state index contributed by atoms with van der Waals surface area (Å²) in [4.78, 5) is 29.1. The van der Waals surface area contributed by atoms with E-state index in [-0.39, 0.29) is 36.7 Å². The summed E-state index contributed by atoms with van der Waals surface area (Å²) in [6.45, 7) is 0.520. The van der Waals surface area contributed by atoms with Crippen molar-refractivity contribution in [3.05, 3.63) is 47.3 Å². The van der Waals surface area contributed by atoms with Crippen molar-refractivity contribution in [1.82, 2.24) is 19.9 Å². The number of cyclic esters (lactones) is 1. The average Bonchev–Trinajstić information content (AvgIpc) is 3.39. The summed E-state index contributed by atoms with van der Waals surface area (Å²) >= 11 is 0. The molecule has 0 spiro atoms. The van der Waals surface area contributed by atoms with Crippen molar-refractivity contribution in [2.45, 2.75) is 63.0 Å². The van der Waals surface area contributed by atoms with E-state index in [0.717, 1.165) is 55.3 Å². The molecule has 0 unspecified atom stereocenters. The number of aromatic nitrogens is 3. The molecule has 1 N–H and O–H groups in total. The number of methoxy groups -OCH3 is 1. The van der Waals surface area contributed by atoms with E-state index in [2.05, 4.69) is 5.32 Å². The molecule has 1 aromatic carbocycles. The van der Waals surface area contributed by atoms with Gasteiger partial charge in [-0.15, -0.1) is 5.10 Å². The van der Waals surface area contributed by atoms with Crippen LogP contribution in [0.1, 0.15) is 66.7 Å². The van der Waals surface area contributed by atoms with Crippen LogP contribution >= 0.6 is 0 Å². The van der Waals surface area contributed by atoms with Gasteiger partial charge < -0.3 is 19.5 Å². The molecule has 2 fully saturated rings. The van der Waals surface area contributed by atoms with E-state index in [1.165, 1.54) is 6.42 Å². The molecule has 0 atom stereocenters. The fourth-order valence-electron chi connectivity index (χ4n) is 5.08. The third-order valence-electron chi connectivity index (χ3n) is 7.38. The number of carbonyl (C=O) groups is 2. The quantitative estimate of drug-likeness (QED) is 0.533. The lowest BCUT2D eigenvalue weighted by atomic mass is 9.96. The lowest BCUT2D eigenvalue weighted by Gasteiger charge is -2.22. The van der Waals surface area contributed by atoms with Gasteiger partial charge in [0.2, 0.25) is 0 Å². The Kier molecular flexibility index (Phi) is 5.35. The van der Waals surface area contributed by atoms with Crippen molar-refractivity contribution in [3.63, 3.8) is 0 Å². The summed E-state index contributed by atoms with van der Waals surface area (Å²) in [5.74, 6) is 0.963. The molecule has 6 rings (SSSR count). The number of nitrogens with zero attached hydrogens (tertiary/aromatic N) is 3. The number of alkyl carbamates (subject to hydrolysis) is 1. The SMILES string of the molecule is COc1ccc(-c2ccc3c(c2)COC3=O)n2nc(C3(COC(=O)NC4CCCCC4)CC3)nc12. The van der Waals surface area contributed by atoms with E-state index >= 15 is 0 Å². The van der Waals surface area contributed by atoms with E-state index in [1.54, 1.807) is 17.7 Å². The number of benzene rings is 1. The van der Waals surface area contributed by atoms with Gasteiger partial charge >= 0.3 is 12.1 Å². The summed E-state index contributed by atoms with van der Waals surface area (Å²) in [6.07, 6.45) is 6.92. The first-order valence-corrected chi connectivity index (χ1v) is 12.2. The van der Waals surface area contributed by atoms with Crippen molar-refractivity contribution in [3.8, 4) is 17.0 Å². The van der Waals surface area contributed by atoms with Crippen LogP contribution in [0.3, 0.4) is 0 Å². The standard InChI is InChI=1S/C26H28N4O5/c1-33-21-10-9-20(16-7-8-19-17(13-16)14-34-23(19)31)30-22(21)28-24(29-30)26(11-12-26)15-35-25(32)27-18-5-3-2-4-6-18/h7-10,13,18H,2-6,11-12,14-15H2,1H3,(H,27,32). The molecule has 3 aliphatic rings. The molecule has 0 radical (unpaired) electrons. The van der Waals surface area contributed by atoms with Gasteiger partial charge in [0, 0.05) is 17.2 Å². The fourth-order valence-corrected chi connectivity index (χ4v) is 5.08. The molecule has 1 amide bonds. The molecule has 2 aromatic heterocycles. The number of hydrogen-bond acceptors (Lipinski definition) is 7. The van der Waals surface area contributed by atoms with E-state index in [9.17, 15) is 9.59 Å². The Morgan fingerprint density at radius 2 is 2.03 bits per heavy atom. The molecule has 1 aliphatic heterocycles. The summed E-state index contributed by atoms with van der Waals surface area (Å²) in [5, 5.41) is 7.86. The molecular weight excluding hydrogens is 448 g/mol. The predicted octanol–water partition coefficient (Wildman–Crippen LogP) is 4.17.